The summed E-state index contributed by atoms with van der Waals surface area (Å²) in [7, 11) is -4.17. The maximum Gasteiger partial charge on any atom is 0.309 e. The van der Waals surface area contributed by atoms with Crippen LogP contribution in [0.2, 0.25) is 0 Å². The first-order valence-electron chi connectivity index (χ1n) is 10.1. The van der Waals surface area contributed by atoms with Gasteiger partial charge in [0.2, 0.25) is 5.91 Å². The van der Waals surface area contributed by atoms with E-state index in [9.17, 15) is 22.4 Å². The van der Waals surface area contributed by atoms with Crippen molar-refractivity contribution in [1.29, 1.82) is 0 Å². The Labute approximate surface area is 181 Å². The molecular formula is C22H25FN2O5S. The Morgan fingerprint density at radius 2 is 1.68 bits per heavy atom. The van der Waals surface area contributed by atoms with E-state index in [0.717, 1.165) is 10.4 Å². The number of carbonyl (C=O) groups excluding carboxylic acids is 2. The summed E-state index contributed by atoms with van der Waals surface area (Å²) in [6.07, 6.45) is 0.880. The molecule has 1 aliphatic heterocycles. The second-order valence-corrected chi connectivity index (χ2v) is 9.05. The van der Waals surface area contributed by atoms with E-state index in [4.69, 9.17) is 4.74 Å². The standard InChI is InChI=1S/C22H25FN2O5S/c1-2-30-22(27)17-12-14-24(15-13-17)21(26)16-25(20-11-7-6-10-19(20)23)31(28,29)18-8-4-3-5-9-18/h3-11,17H,2,12-16H2,1H3. The van der Waals surface area contributed by atoms with Crippen LogP contribution in [0.1, 0.15) is 19.8 Å². The number of hydrogen-bond acceptors (Lipinski definition) is 5. The number of carbonyl (C=O) groups is 2. The van der Waals surface area contributed by atoms with Crippen LogP contribution in [-0.2, 0) is 24.3 Å². The second-order valence-electron chi connectivity index (χ2n) is 7.18. The highest BCUT2D eigenvalue weighted by molar-refractivity contribution is 7.92. The van der Waals surface area contributed by atoms with Gasteiger partial charge >= 0.3 is 5.97 Å². The van der Waals surface area contributed by atoms with Crippen LogP contribution in [0, 0.1) is 11.7 Å². The molecule has 2 aromatic carbocycles. The van der Waals surface area contributed by atoms with Gasteiger partial charge in [0.1, 0.15) is 12.4 Å². The first kappa shape index (κ1) is 22.7. The third-order valence-corrected chi connectivity index (χ3v) is 6.97. The van der Waals surface area contributed by atoms with Gasteiger partial charge in [-0.15, -0.1) is 0 Å². The summed E-state index contributed by atoms with van der Waals surface area (Å²) in [5.74, 6) is -1.75. The predicted molar refractivity (Wildman–Crippen MR) is 113 cm³/mol. The van der Waals surface area contributed by atoms with Crippen molar-refractivity contribution in [1.82, 2.24) is 4.90 Å². The number of halogens is 1. The minimum atomic E-state index is -4.17. The first-order valence-corrected chi connectivity index (χ1v) is 11.5. The van der Waals surface area contributed by atoms with Crippen LogP contribution in [0.15, 0.2) is 59.5 Å². The van der Waals surface area contributed by atoms with Gasteiger partial charge in [-0.2, -0.15) is 0 Å². The number of likely N-dealkylation sites (tertiary alicyclic amines) is 1. The Kier molecular flexibility index (Phi) is 7.27. The van der Waals surface area contributed by atoms with Gasteiger partial charge in [-0.25, -0.2) is 12.8 Å². The summed E-state index contributed by atoms with van der Waals surface area (Å²) < 4.78 is 46.8. The number of amides is 1. The van der Waals surface area contributed by atoms with Crippen molar-refractivity contribution in [2.45, 2.75) is 24.7 Å². The Morgan fingerprint density at radius 1 is 1.06 bits per heavy atom. The van der Waals surface area contributed by atoms with E-state index in [0.29, 0.717) is 32.5 Å². The number of piperidine rings is 1. The van der Waals surface area contributed by atoms with Gasteiger partial charge in [0, 0.05) is 13.1 Å². The number of rotatable bonds is 7. The van der Waals surface area contributed by atoms with Crippen molar-refractivity contribution >= 4 is 27.6 Å². The Morgan fingerprint density at radius 3 is 2.29 bits per heavy atom. The lowest BCUT2D eigenvalue weighted by atomic mass is 9.97. The van der Waals surface area contributed by atoms with Crippen molar-refractivity contribution in [3.05, 3.63) is 60.4 Å². The molecule has 0 atom stereocenters. The van der Waals surface area contributed by atoms with Crippen molar-refractivity contribution in [2.24, 2.45) is 5.92 Å². The van der Waals surface area contributed by atoms with Crippen molar-refractivity contribution in [2.75, 3.05) is 30.5 Å². The van der Waals surface area contributed by atoms with Crippen LogP contribution in [-0.4, -0.2) is 51.4 Å². The maximum atomic E-state index is 14.5. The monoisotopic (exact) mass is 448 g/mol. The Balaban J connectivity index is 1.81. The van der Waals surface area contributed by atoms with Crippen LogP contribution in [0.5, 0.6) is 0 Å². The molecule has 1 heterocycles. The zero-order valence-electron chi connectivity index (χ0n) is 17.2. The molecule has 1 saturated heterocycles. The lowest BCUT2D eigenvalue weighted by Gasteiger charge is -2.33. The number of para-hydroxylation sites is 1. The number of hydrogen-bond donors (Lipinski definition) is 0. The molecule has 0 bridgehead atoms. The van der Waals surface area contributed by atoms with Gasteiger partial charge in [-0.3, -0.25) is 13.9 Å². The molecule has 1 fully saturated rings. The maximum absolute atomic E-state index is 14.5. The molecule has 166 valence electrons. The number of benzene rings is 2. The molecule has 0 aliphatic carbocycles. The molecule has 0 N–H and O–H groups in total. The number of ether oxygens (including phenoxy) is 1. The normalized spacial score (nSPS) is 14.8. The molecule has 7 nitrogen and oxygen atoms in total. The largest absolute Gasteiger partial charge is 0.466 e. The van der Waals surface area contributed by atoms with Crippen LogP contribution in [0.4, 0.5) is 10.1 Å². The molecule has 0 aromatic heterocycles. The molecule has 0 spiro atoms. The smallest absolute Gasteiger partial charge is 0.309 e. The average molecular weight is 449 g/mol. The summed E-state index contributed by atoms with van der Waals surface area (Å²) in [6.45, 7) is 2.10. The highest BCUT2D eigenvalue weighted by atomic mass is 32.2. The highest BCUT2D eigenvalue weighted by Gasteiger charge is 2.33. The highest BCUT2D eigenvalue weighted by Crippen LogP contribution is 2.27. The summed E-state index contributed by atoms with van der Waals surface area (Å²) in [4.78, 5) is 26.3. The van der Waals surface area contributed by atoms with Crippen LogP contribution in [0.3, 0.4) is 0 Å². The van der Waals surface area contributed by atoms with E-state index in [1.54, 1.807) is 25.1 Å². The SMILES string of the molecule is CCOC(=O)C1CCN(C(=O)CN(c2ccccc2F)S(=O)(=O)c2ccccc2)CC1. The zero-order chi connectivity index (χ0) is 22.4. The van der Waals surface area contributed by atoms with E-state index in [2.05, 4.69) is 0 Å². The van der Waals surface area contributed by atoms with Crippen LogP contribution < -0.4 is 4.31 Å². The van der Waals surface area contributed by atoms with Gasteiger partial charge in [0.25, 0.3) is 10.0 Å². The summed E-state index contributed by atoms with van der Waals surface area (Å²) in [5, 5.41) is 0. The quantitative estimate of drug-likeness (QED) is 0.608. The molecule has 0 radical (unpaired) electrons. The van der Waals surface area contributed by atoms with Gasteiger partial charge in [-0.1, -0.05) is 30.3 Å². The molecule has 3 rings (SSSR count). The predicted octanol–water partition coefficient (Wildman–Crippen LogP) is 2.82. The van der Waals surface area contributed by atoms with E-state index in [-0.39, 0.29) is 22.5 Å². The summed E-state index contributed by atoms with van der Waals surface area (Å²) in [5.41, 5.74) is -0.193. The van der Waals surface area contributed by atoms with Crippen molar-refractivity contribution in [3.63, 3.8) is 0 Å². The first-order chi connectivity index (χ1) is 14.8. The minimum absolute atomic E-state index is 0.0351. The fourth-order valence-corrected chi connectivity index (χ4v) is 4.96. The molecule has 2 aromatic rings. The van der Waals surface area contributed by atoms with Gasteiger partial charge in [0.05, 0.1) is 23.1 Å². The molecule has 1 amide bonds. The second kappa shape index (κ2) is 9.91. The Hall–Kier alpha value is -2.94. The number of anilines is 1. The lowest BCUT2D eigenvalue weighted by molar-refractivity contribution is -0.151. The molecule has 0 saturated carbocycles. The fraction of sp³-hybridized carbons (Fsp3) is 0.364. The molecular weight excluding hydrogens is 423 g/mol. The van der Waals surface area contributed by atoms with Crippen LogP contribution in [0.25, 0.3) is 0 Å². The van der Waals surface area contributed by atoms with Crippen LogP contribution >= 0.6 is 0 Å². The van der Waals surface area contributed by atoms with Gasteiger partial charge < -0.3 is 9.64 Å². The minimum Gasteiger partial charge on any atom is -0.466 e. The van der Waals surface area contributed by atoms with E-state index in [1.165, 1.54) is 35.2 Å². The summed E-state index contributed by atoms with van der Waals surface area (Å²) in [6, 6.07) is 13.1. The lowest BCUT2D eigenvalue weighted by Crippen LogP contribution is -2.47. The van der Waals surface area contributed by atoms with E-state index < -0.39 is 28.3 Å². The average Bonchev–Trinajstić information content (AvgIpc) is 2.78. The number of sulfonamides is 1. The van der Waals surface area contributed by atoms with Gasteiger partial charge in [0.15, 0.2) is 0 Å². The van der Waals surface area contributed by atoms with E-state index >= 15 is 0 Å². The van der Waals surface area contributed by atoms with Crippen molar-refractivity contribution < 1.29 is 27.1 Å². The van der Waals surface area contributed by atoms with Crippen molar-refractivity contribution in [3.8, 4) is 0 Å². The third kappa shape index (κ3) is 5.22. The molecule has 0 unspecified atom stereocenters. The molecule has 1 aliphatic rings. The van der Waals surface area contributed by atoms with Gasteiger partial charge in [-0.05, 0) is 44.0 Å². The zero-order valence-corrected chi connectivity index (χ0v) is 18.1. The Bertz CT molecular complexity index is 1020. The summed E-state index contributed by atoms with van der Waals surface area (Å²) >= 11 is 0. The molecule has 31 heavy (non-hydrogen) atoms. The fourth-order valence-electron chi connectivity index (χ4n) is 3.52. The van der Waals surface area contributed by atoms with E-state index in [1.807, 2.05) is 0 Å². The number of esters is 1. The third-order valence-electron chi connectivity index (χ3n) is 5.20. The molecule has 9 heteroatoms. The number of nitrogens with zero attached hydrogens (tertiary/aromatic N) is 2. The topological polar surface area (TPSA) is 84.0 Å².